The largest absolute Gasteiger partial charge is 0.378 e. The lowest BCUT2D eigenvalue weighted by Gasteiger charge is -2.06. The topological polar surface area (TPSA) is 102 Å². The number of hydrogen-bond acceptors (Lipinski definition) is 6. The molecule has 1 rings (SSSR count). The maximum absolute atomic E-state index is 11.4. The van der Waals surface area contributed by atoms with Crippen molar-refractivity contribution in [1.29, 1.82) is 0 Å². The number of ether oxygens (including phenoxy) is 1. The highest BCUT2D eigenvalue weighted by Gasteiger charge is 2.05. The van der Waals surface area contributed by atoms with Crippen LogP contribution in [0.1, 0.15) is 17.4 Å². The lowest BCUT2D eigenvalue weighted by molar-refractivity contribution is 0.0950. The van der Waals surface area contributed by atoms with E-state index in [0.717, 1.165) is 0 Å². The highest BCUT2D eigenvalue weighted by atomic mass is 16.5. The number of amides is 1. The monoisotopic (exact) mass is 253 g/mol. The Labute approximate surface area is 106 Å². The van der Waals surface area contributed by atoms with Crippen molar-refractivity contribution in [3.8, 4) is 0 Å². The molecule has 0 aromatic carbocycles. The average Bonchev–Trinajstić information content (AvgIpc) is 2.39. The molecule has 100 valence electrons. The molecule has 0 aliphatic rings. The van der Waals surface area contributed by atoms with Gasteiger partial charge in [0.1, 0.15) is 5.82 Å². The predicted molar refractivity (Wildman–Crippen MR) is 68.4 cm³/mol. The molecule has 18 heavy (non-hydrogen) atoms. The third-order valence-electron chi connectivity index (χ3n) is 2.05. The molecular formula is C11H19N5O2. The van der Waals surface area contributed by atoms with Crippen molar-refractivity contribution >= 4 is 11.7 Å². The first-order valence-electron chi connectivity index (χ1n) is 5.91. The van der Waals surface area contributed by atoms with Crippen LogP contribution in [-0.4, -0.2) is 49.0 Å². The molecule has 0 atom stereocenters. The third kappa shape index (κ3) is 5.07. The molecule has 4 N–H and O–H groups in total. The number of carbonyl (C=O) groups is 1. The van der Waals surface area contributed by atoms with Gasteiger partial charge in [0.2, 0.25) is 0 Å². The van der Waals surface area contributed by atoms with Crippen LogP contribution in [0.25, 0.3) is 0 Å². The zero-order valence-corrected chi connectivity index (χ0v) is 10.5. The Morgan fingerprint density at radius 2 is 2.22 bits per heavy atom. The van der Waals surface area contributed by atoms with Gasteiger partial charge in [-0.1, -0.05) is 0 Å². The fourth-order valence-corrected chi connectivity index (χ4v) is 1.24. The van der Waals surface area contributed by atoms with Crippen molar-refractivity contribution < 1.29 is 9.53 Å². The van der Waals surface area contributed by atoms with E-state index in [1.165, 1.54) is 0 Å². The van der Waals surface area contributed by atoms with Gasteiger partial charge in [-0.3, -0.25) is 4.79 Å². The van der Waals surface area contributed by atoms with E-state index in [4.69, 9.17) is 10.5 Å². The highest BCUT2D eigenvalue weighted by molar-refractivity contribution is 5.92. The fraction of sp³-hybridized carbons (Fsp3) is 0.545. The Bertz CT molecular complexity index is 355. The molecule has 0 saturated carbocycles. The average molecular weight is 253 g/mol. The van der Waals surface area contributed by atoms with E-state index in [2.05, 4.69) is 20.8 Å². The van der Waals surface area contributed by atoms with Crippen LogP contribution in [0.5, 0.6) is 0 Å². The van der Waals surface area contributed by atoms with Gasteiger partial charge in [-0.25, -0.2) is 0 Å². The molecule has 7 nitrogen and oxygen atoms in total. The first kappa shape index (κ1) is 14.3. The molecule has 1 heterocycles. The van der Waals surface area contributed by atoms with Gasteiger partial charge in [0, 0.05) is 19.6 Å². The van der Waals surface area contributed by atoms with Crippen LogP contribution in [0.15, 0.2) is 12.1 Å². The minimum atomic E-state index is -0.220. The normalized spacial score (nSPS) is 10.1. The Hall–Kier alpha value is -1.73. The summed E-state index contributed by atoms with van der Waals surface area (Å²) in [4.78, 5) is 11.4. The number of carbonyl (C=O) groups excluding carboxylic acids is 1. The van der Waals surface area contributed by atoms with Crippen molar-refractivity contribution in [3.05, 3.63) is 17.8 Å². The van der Waals surface area contributed by atoms with E-state index in [1.54, 1.807) is 12.1 Å². The van der Waals surface area contributed by atoms with Crippen LogP contribution < -0.4 is 16.4 Å². The molecule has 0 aliphatic carbocycles. The summed E-state index contributed by atoms with van der Waals surface area (Å²) in [7, 11) is 0. The summed E-state index contributed by atoms with van der Waals surface area (Å²) in [6, 6.07) is 3.33. The second-order valence-electron chi connectivity index (χ2n) is 3.49. The number of nitrogens with zero attached hydrogens (tertiary/aromatic N) is 2. The third-order valence-corrected chi connectivity index (χ3v) is 2.05. The highest BCUT2D eigenvalue weighted by Crippen LogP contribution is 2.01. The first-order chi connectivity index (χ1) is 8.77. The number of nitrogens with one attached hydrogen (secondary N) is 2. The summed E-state index contributed by atoms with van der Waals surface area (Å²) >= 11 is 0. The minimum Gasteiger partial charge on any atom is -0.378 e. The zero-order valence-electron chi connectivity index (χ0n) is 10.5. The van der Waals surface area contributed by atoms with Gasteiger partial charge >= 0.3 is 0 Å². The molecule has 0 spiro atoms. The Morgan fingerprint density at radius 3 is 2.83 bits per heavy atom. The van der Waals surface area contributed by atoms with E-state index in [1.807, 2.05) is 6.92 Å². The molecule has 0 bridgehead atoms. The number of hydrogen-bond donors (Lipinski definition) is 3. The van der Waals surface area contributed by atoms with Gasteiger partial charge in [-0.15, -0.1) is 10.2 Å². The van der Waals surface area contributed by atoms with Gasteiger partial charge in [-0.05, 0) is 19.1 Å². The Kier molecular flexibility index (Phi) is 6.67. The number of aromatic nitrogens is 2. The SMILES string of the molecule is CCNC(=O)c1ccc(NCCOCCN)nn1. The number of anilines is 1. The molecule has 1 amide bonds. The second kappa shape index (κ2) is 8.37. The van der Waals surface area contributed by atoms with Gasteiger partial charge in [0.05, 0.1) is 13.2 Å². The van der Waals surface area contributed by atoms with Crippen LogP contribution in [0.4, 0.5) is 5.82 Å². The van der Waals surface area contributed by atoms with Crippen molar-refractivity contribution in [2.75, 3.05) is 38.2 Å². The van der Waals surface area contributed by atoms with Gasteiger partial charge in [0.15, 0.2) is 5.69 Å². The summed E-state index contributed by atoms with van der Waals surface area (Å²) in [5.74, 6) is 0.391. The van der Waals surface area contributed by atoms with Crippen LogP contribution in [-0.2, 0) is 4.74 Å². The van der Waals surface area contributed by atoms with Gasteiger partial charge in [0.25, 0.3) is 5.91 Å². The summed E-state index contributed by atoms with van der Waals surface area (Å²) in [5, 5.41) is 13.4. The van der Waals surface area contributed by atoms with Crippen molar-refractivity contribution in [2.24, 2.45) is 5.73 Å². The molecule has 1 aromatic heterocycles. The molecule has 0 aliphatic heterocycles. The van der Waals surface area contributed by atoms with Crippen molar-refractivity contribution in [3.63, 3.8) is 0 Å². The summed E-state index contributed by atoms with van der Waals surface area (Å²) in [5.41, 5.74) is 5.59. The van der Waals surface area contributed by atoms with Crippen molar-refractivity contribution in [1.82, 2.24) is 15.5 Å². The molecule has 0 saturated heterocycles. The minimum absolute atomic E-state index is 0.220. The molecule has 1 aromatic rings. The van der Waals surface area contributed by atoms with Crippen LogP contribution in [0, 0.1) is 0 Å². The fourth-order valence-electron chi connectivity index (χ4n) is 1.24. The van der Waals surface area contributed by atoms with Crippen LogP contribution >= 0.6 is 0 Å². The lowest BCUT2D eigenvalue weighted by Crippen LogP contribution is -2.24. The standard InChI is InChI=1S/C11H19N5O2/c1-2-13-11(17)9-3-4-10(16-15-9)14-6-8-18-7-5-12/h3-4H,2,5-8,12H2,1H3,(H,13,17)(H,14,16). The lowest BCUT2D eigenvalue weighted by atomic mass is 10.3. The molecule has 7 heteroatoms. The van der Waals surface area contributed by atoms with E-state index >= 15 is 0 Å². The Morgan fingerprint density at radius 1 is 1.39 bits per heavy atom. The first-order valence-corrected chi connectivity index (χ1v) is 5.91. The zero-order chi connectivity index (χ0) is 13.2. The smallest absolute Gasteiger partial charge is 0.271 e. The summed E-state index contributed by atoms with van der Waals surface area (Å²) in [6.07, 6.45) is 0. The summed E-state index contributed by atoms with van der Waals surface area (Å²) < 4.78 is 5.20. The van der Waals surface area contributed by atoms with Crippen LogP contribution in [0.2, 0.25) is 0 Å². The number of rotatable bonds is 8. The van der Waals surface area contributed by atoms with E-state index in [0.29, 0.717) is 44.4 Å². The second-order valence-corrected chi connectivity index (χ2v) is 3.49. The Balaban J connectivity index is 2.33. The molecular weight excluding hydrogens is 234 g/mol. The van der Waals surface area contributed by atoms with Gasteiger partial charge in [-0.2, -0.15) is 0 Å². The van der Waals surface area contributed by atoms with Gasteiger partial charge < -0.3 is 21.1 Å². The quantitative estimate of drug-likeness (QED) is 0.545. The van der Waals surface area contributed by atoms with E-state index < -0.39 is 0 Å². The maximum atomic E-state index is 11.4. The van der Waals surface area contributed by atoms with Crippen molar-refractivity contribution in [2.45, 2.75) is 6.92 Å². The molecule has 0 fully saturated rings. The molecule has 0 unspecified atom stereocenters. The predicted octanol–water partition coefficient (Wildman–Crippen LogP) is -0.386. The summed E-state index contributed by atoms with van der Waals surface area (Å²) in [6.45, 7) is 4.65. The van der Waals surface area contributed by atoms with Crippen LogP contribution in [0.3, 0.4) is 0 Å². The maximum Gasteiger partial charge on any atom is 0.271 e. The van der Waals surface area contributed by atoms with E-state index in [9.17, 15) is 4.79 Å². The molecule has 0 radical (unpaired) electrons. The van der Waals surface area contributed by atoms with E-state index in [-0.39, 0.29) is 5.91 Å². The number of nitrogens with two attached hydrogens (primary N) is 1.